The van der Waals surface area contributed by atoms with Crippen LogP contribution in [0, 0.1) is 11.8 Å². The molecule has 1 rings (SSSR count). The molecule has 0 bridgehead atoms. The number of hydrogen-bond donors (Lipinski definition) is 1. The average molecular weight is 199 g/mol. The number of carboxylic acids is 1. The minimum Gasteiger partial charge on any atom is -0.481 e. The van der Waals surface area contributed by atoms with Crippen LogP contribution in [0.1, 0.15) is 33.6 Å². The first kappa shape index (κ1) is 11.5. The molecule has 1 aliphatic heterocycles. The highest BCUT2D eigenvalue weighted by atomic mass is 16.4. The number of rotatable bonds is 4. The maximum Gasteiger partial charge on any atom is 0.308 e. The number of aliphatic carboxylic acids is 1. The summed E-state index contributed by atoms with van der Waals surface area (Å²) in [6.45, 7) is 8.08. The van der Waals surface area contributed by atoms with E-state index in [2.05, 4.69) is 18.7 Å². The Balaban J connectivity index is 2.57. The molecule has 0 radical (unpaired) electrons. The van der Waals surface area contributed by atoms with Crippen LogP contribution in [0.4, 0.5) is 0 Å². The summed E-state index contributed by atoms with van der Waals surface area (Å²) < 4.78 is 0. The van der Waals surface area contributed by atoms with E-state index in [1.165, 1.54) is 0 Å². The van der Waals surface area contributed by atoms with Gasteiger partial charge in [0.25, 0.3) is 0 Å². The zero-order valence-corrected chi connectivity index (χ0v) is 9.36. The third-order valence-electron chi connectivity index (χ3n) is 3.42. The van der Waals surface area contributed by atoms with E-state index < -0.39 is 5.97 Å². The van der Waals surface area contributed by atoms with Gasteiger partial charge in [0, 0.05) is 19.1 Å². The topological polar surface area (TPSA) is 40.5 Å². The SMILES string of the molecule is CCC(CC)N1C[C@@H](C)[C@H](C(=O)O)C1. The fourth-order valence-corrected chi connectivity index (χ4v) is 2.43. The van der Waals surface area contributed by atoms with Crippen molar-refractivity contribution >= 4 is 5.97 Å². The fraction of sp³-hybridized carbons (Fsp3) is 0.909. The lowest BCUT2D eigenvalue weighted by Gasteiger charge is -2.25. The maximum absolute atomic E-state index is 10.9. The number of likely N-dealkylation sites (tertiary alicyclic amines) is 1. The molecule has 14 heavy (non-hydrogen) atoms. The molecule has 0 aromatic rings. The second-order valence-electron chi connectivity index (χ2n) is 4.35. The highest BCUT2D eigenvalue weighted by Crippen LogP contribution is 2.26. The van der Waals surface area contributed by atoms with E-state index in [0.29, 0.717) is 12.0 Å². The van der Waals surface area contributed by atoms with Gasteiger partial charge in [0.15, 0.2) is 0 Å². The fourth-order valence-electron chi connectivity index (χ4n) is 2.43. The third kappa shape index (κ3) is 2.27. The number of carbonyl (C=O) groups is 1. The molecule has 82 valence electrons. The minimum atomic E-state index is -0.633. The predicted octanol–water partition coefficient (Wildman–Crippen LogP) is 1.83. The van der Waals surface area contributed by atoms with E-state index in [0.717, 1.165) is 25.9 Å². The van der Waals surface area contributed by atoms with Gasteiger partial charge in [-0.2, -0.15) is 0 Å². The Labute approximate surface area is 86.1 Å². The largest absolute Gasteiger partial charge is 0.481 e. The van der Waals surface area contributed by atoms with Crippen LogP contribution in [-0.4, -0.2) is 35.1 Å². The van der Waals surface area contributed by atoms with Crippen LogP contribution in [0.2, 0.25) is 0 Å². The quantitative estimate of drug-likeness (QED) is 0.751. The molecule has 0 aliphatic carbocycles. The molecule has 0 spiro atoms. The van der Waals surface area contributed by atoms with E-state index in [9.17, 15) is 4.79 Å². The zero-order valence-electron chi connectivity index (χ0n) is 9.36. The number of nitrogens with zero attached hydrogens (tertiary/aromatic N) is 1. The van der Waals surface area contributed by atoms with Crippen LogP contribution in [0.3, 0.4) is 0 Å². The van der Waals surface area contributed by atoms with Gasteiger partial charge in [-0.1, -0.05) is 20.8 Å². The Hall–Kier alpha value is -0.570. The van der Waals surface area contributed by atoms with Crippen molar-refractivity contribution in [3.8, 4) is 0 Å². The first-order valence-electron chi connectivity index (χ1n) is 5.56. The Bertz CT molecular complexity index is 201. The van der Waals surface area contributed by atoms with Gasteiger partial charge in [0.2, 0.25) is 0 Å². The van der Waals surface area contributed by atoms with Gasteiger partial charge in [-0.05, 0) is 18.8 Å². The van der Waals surface area contributed by atoms with Gasteiger partial charge in [0.05, 0.1) is 5.92 Å². The standard InChI is InChI=1S/C11H21NO2/c1-4-9(5-2)12-6-8(3)10(7-12)11(13)14/h8-10H,4-7H2,1-3H3,(H,13,14)/t8-,10-/m1/s1. The van der Waals surface area contributed by atoms with Crippen molar-refractivity contribution < 1.29 is 9.90 Å². The maximum atomic E-state index is 10.9. The second-order valence-corrected chi connectivity index (χ2v) is 4.35. The minimum absolute atomic E-state index is 0.157. The van der Waals surface area contributed by atoms with Crippen molar-refractivity contribution in [2.24, 2.45) is 11.8 Å². The Morgan fingerprint density at radius 1 is 1.43 bits per heavy atom. The molecule has 0 saturated carbocycles. The molecule has 3 heteroatoms. The van der Waals surface area contributed by atoms with Crippen molar-refractivity contribution in [2.75, 3.05) is 13.1 Å². The Morgan fingerprint density at radius 3 is 2.36 bits per heavy atom. The summed E-state index contributed by atoms with van der Waals surface area (Å²) in [5.41, 5.74) is 0. The summed E-state index contributed by atoms with van der Waals surface area (Å²) in [7, 11) is 0. The van der Waals surface area contributed by atoms with Crippen molar-refractivity contribution in [1.29, 1.82) is 0 Å². The van der Waals surface area contributed by atoms with E-state index in [1.807, 2.05) is 6.92 Å². The first-order valence-corrected chi connectivity index (χ1v) is 5.56. The molecule has 0 amide bonds. The first-order chi connectivity index (χ1) is 6.60. The molecule has 1 aliphatic rings. The summed E-state index contributed by atoms with van der Waals surface area (Å²) >= 11 is 0. The van der Waals surface area contributed by atoms with E-state index in [1.54, 1.807) is 0 Å². The van der Waals surface area contributed by atoms with Crippen LogP contribution in [-0.2, 0) is 4.79 Å². The number of carboxylic acid groups (broad SMARTS) is 1. The summed E-state index contributed by atoms with van der Waals surface area (Å²) in [6, 6.07) is 0.571. The number of hydrogen-bond acceptors (Lipinski definition) is 2. The molecule has 1 heterocycles. The molecule has 0 aromatic carbocycles. The van der Waals surface area contributed by atoms with Gasteiger partial charge in [0.1, 0.15) is 0 Å². The monoisotopic (exact) mass is 199 g/mol. The smallest absolute Gasteiger partial charge is 0.308 e. The Morgan fingerprint density at radius 2 is 2.00 bits per heavy atom. The lowest BCUT2D eigenvalue weighted by Crippen LogP contribution is -2.33. The Kier molecular flexibility index (Phi) is 3.93. The second kappa shape index (κ2) is 4.78. The molecular weight excluding hydrogens is 178 g/mol. The molecule has 2 atom stereocenters. The van der Waals surface area contributed by atoms with E-state index in [-0.39, 0.29) is 5.92 Å². The van der Waals surface area contributed by atoms with Gasteiger partial charge < -0.3 is 5.11 Å². The highest BCUT2D eigenvalue weighted by molar-refractivity contribution is 5.71. The molecule has 3 nitrogen and oxygen atoms in total. The van der Waals surface area contributed by atoms with E-state index in [4.69, 9.17) is 5.11 Å². The summed E-state index contributed by atoms with van der Waals surface area (Å²) in [5, 5.41) is 9.00. The predicted molar refractivity (Wildman–Crippen MR) is 56.2 cm³/mol. The molecule has 1 N–H and O–H groups in total. The van der Waals surface area contributed by atoms with Crippen LogP contribution in [0.5, 0.6) is 0 Å². The van der Waals surface area contributed by atoms with Crippen LogP contribution >= 0.6 is 0 Å². The molecule has 1 fully saturated rings. The normalized spacial score (nSPS) is 28.6. The lowest BCUT2D eigenvalue weighted by molar-refractivity contribution is -0.142. The van der Waals surface area contributed by atoms with Crippen LogP contribution in [0.25, 0.3) is 0 Å². The molecule has 1 saturated heterocycles. The molecular formula is C11H21NO2. The zero-order chi connectivity index (χ0) is 10.7. The van der Waals surface area contributed by atoms with Gasteiger partial charge in [-0.15, -0.1) is 0 Å². The average Bonchev–Trinajstić information content (AvgIpc) is 2.50. The van der Waals surface area contributed by atoms with Crippen molar-refractivity contribution in [3.05, 3.63) is 0 Å². The highest BCUT2D eigenvalue weighted by Gasteiger charge is 2.36. The molecule has 0 unspecified atom stereocenters. The summed E-state index contributed by atoms with van der Waals surface area (Å²) in [4.78, 5) is 13.3. The summed E-state index contributed by atoms with van der Waals surface area (Å²) in [5.74, 6) is -0.491. The van der Waals surface area contributed by atoms with E-state index >= 15 is 0 Å². The van der Waals surface area contributed by atoms with Crippen molar-refractivity contribution in [2.45, 2.75) is 39.7 Å². The van der Waals surface area contributed by atoms with Crippen molar-refractivity contribution in [3.63, 3.8) is 0 Å². The van der Waals surface area contributed by atoms with Crippen LogP contribution < -0.4 is 0 Å². The van der Waals surface area contributed by atoms with Crippen LogP contribution in [0.15, 0.2) is 0 Å². The van der Waals surface area contributed by atoms with Gasteiger partial charge >= 0.3 is 5.97 Å². The van der Waals surface area contributed by atoms with Crippen molar-refractivity contribution in [1.82, 2.24) is 4.90 Å². The van der Waals surface area contributed by atoms with Gasteiger partial charge in [-0.25, -0.2) is 0 Å². The lowest BCUT2D eigenvalue weighted by atomic mass is 9.99. The molecule has 0 aromatic heterocycles. The third-order valence-corrected chi connectivity index (χ3v) is 3.42. The van der Waals surface area contributed by atoms with Gasteiger partial charge in [-0.3, -0.25) is 9.69 Å². The summed E-state index contributed by atoms with van der Waals surface area (Å²) in [6.07, 6.45) is 2.24.